The summed E-state index contributed by atoms with van der Waals surface area (Å²) in [6, 6.07) is 16.1. The molecule has 3 aromatic rings. The van der Waals surface area contributed by atoms with Gasteiger partial charge in [0.1, 0.15) is 5.82 Å². The van der Waals surface area contributed by atoms with Gasteiger partial charge in [0.25, 0.3) is 5.91 Å². The fourth-order valence-electron chi connectivity index (χ4n) is 2.63. The van der Waals surface area contributed by atoms with Gasteiger partial charge in [-0.25, -0.2) is 4.39 Å². The summed E-state index contributed by atoms with van der Waals surface area (Å²) in [6.45, 7) is -0.231. The molecule has 0 aliphatic carbocycles. The molecule has 1 atom stereocenters. The quantitative estimate of drug-likeness (QED) is 0.654. The van der Waals surface area contributed by atoms with Crippen LogP contribution in [0, 0.1) is 17.1 Å². The van der Waals surface area contributed by atoms with Gasteiger partial charge in [-0.1, -0.05) is 18.2 Å². The molecule has 0 saturated carbocycles. The Morgan fingerprint density at radius 1 is 1.21 bits per heavy atom. The van der Waals surface area contributed by atoms with E-state index in [9.17, 15) is 9.18 Å². The van der Waals surface area contributed by atoms with E-state index >= 15 is 0 Å². The fourth-order valence-corrected chi connectivity index (χ4v) is 3.43. The number of ether oxygens (including phenoxy) is 2. The molecule has 1 amide bonds. The molecule has 0 bridgehead atoms. The van der Waals surface area contributed by atoms with Gasteiger partial charge in [0.15, 0.2) is 18.1 Å². The molecule has 7 heteroatoms. The molecule has 0 saturated heterocycles. The largest absolute Gasteiger partial charge is 0.493 e. The minimum absolute atomic E-state index is 0.231. The second-order valence-electron chi connectivity index (χ2n) is 5.83. The van der Waals surface area contributed by atoms with Gasteiger partial charge in [-0.2, -0.15) is 5.26 Å². The summed E-state index contributed by atoms with van der Waals surface area (Å²) in [4.78, 5) is 13.4. The average Bonchev–Trinajstić information content (AvgIpc) is 3.25. The van der Waals surface area contributed by atoms with Crippen molar-refractivity contribution in [2.75, 3.05) is 13.7 Å². The van der Waals surface area contributed by atoms with Crippen LogP contribution >= 0.6 is 11.3 Å². The van der Waals surface area contributed by atoms with Crippen LogP contribution in [0.15, 0.2) is 60.0 Å². The van der Waals surface area contributed by atoms with Crippen molar-refractivity contribution in [1.82, 2.24) is 5.32 Å². The summed E-state index contributed by atoms with van der Waals surface area (Å²) >= 11 is 1.50. The molecule has 1 heterocycles. The van der Waals surface area contributed by atoms with Crippen LogP contribution in [-0.4, -0.2) is 19.6 Å². The van der Waals surface area contributed by atoms with Gasteiger partial charge < -0.3 is 14.8 Å². The van der Waals surface area contributed by atoms with E-state index in [2.05, 4.69) is 5.32 Å². The Hall–Kier alpha value is -3.37. The minimum atomic E-state index is -0.403. The number of amides is 1. The zero-order valence-corrected chi connectivity index (χ0v) is 15.8. The second-order valence-corrected chi connectivity index (χ2v) is 6.81. The normalized spacial score (nSPS) is 11.3. The van der Waals surface area contributed by atoms with E-state index in [1.54, 1.807) is 30.3 Å². The number of carbonyl (C=O) groups excluding carboxylic acids is 1. The molecule has 0 fully saturated rings. The summed E-state index contributed by atoms with van der Waals surface area (Å²) < 4.78 is 24.0. The van der Waals surface area contributed by atoms with Gasteiger partial charge in [0, 0.05) is 10.9 Å². The maximum absolute atomic E-state index is 13.3. The van der Waals surface area contributed by atoms with Crippen molar-refractivity contribution in [2.45, 2.75) is 6.04 Å². The number of halogens is 1. The molecule has 3 rings (SSSR count). The molecule has 1 aromatic heterocycles. The van der Waals surface area contributed by atoms with E-state index in [0.29, 0.717) is 17.1 Å². The topological polar surface area (TPSA) is 71.3 Å². The van der Waals surface area contributed by atoms with Crippen molar-refractivity contribution in [3.05, 3.63) is 81.8 Å². The number of hydrogen-bond donors (Lipinski definition) is 1. The molecule has 0 unspecified atom stereocenters. The summed E-state index contributed by atoms with van der Waals surface area (Å²) in [5.74, 6) is 0.0664. The van der Waals surface area contributed by atoms with Crippen molar-refractivity contribution < 1.29 is 18.7 Å². The predicted molar refractivity (Wildman–Crippen MR) is 104 cm³/mol. The van der Waals surface area contributed by atoms with Crippen LogP contribution in [0.4, 0.5) is 4.39 Å². The van der Waals surface area contributed by atoms with Crippen LogP contribution in [0.2, 0.25) is 0 Å². The van der Waals surface area contributed by atoms with Crippen LogP contribution < -0.4 is 14.8 Å². The highest BCUT2D eigenvalue weighted by molar-refractivity contribution is 7.10. The molecule has 0 aliphatic rings. The first-order chi connectivity index (χ1) is 13.6. The maximum atomic E-state index is 13.3. The summed E-state index contributed by atoms with van der Waals surface area (Å²) in [5.41, 5.74) is 1.20. The van der Waals surface area contributed by atoms with E-state index < -0.39 is 6.04 Å². The lowest BCUT2D eigenvalue weighted by Gasteiger charge is -2.18. The predicted octanol–water partition coefficient (Wildman–Crippen LogP) is 4.05. The molecule has 1 N–H and O–H groups in total. The Labute approximate surface area is 166 Å². The lowest BCUT2D eigenvalue weighted by molar-refractivity contribution is -0.123. The van der Waals surface area contributed by atoms with E-state index in [-0.39, 0.29) is 18.3 Å². The highest BCUT2D eigenvalue weighted by Crippen LogP contribution is 2.28. The van der Waals surface area contributed by atoms with Gasteiger partial charge >= 0.3 is 0 Å². The zero-order chi connectivity index (χ0) is 19.9. The lowest BCUT2D eigenvalue weighted by Crippen LogP contribution is -2.33. The number of nitrogens with zero attached hydrogens (tertiary/aromatic N) is 1. The van der Waals surface area contributed by atoms with Gasteiger partial charge in [0.05, 0.1) is 24.8 Å². The molecule has 142 valence electrons. The standard InChI is InChI=1S/C21H17FN2O3S/c1-26-18-11-14(12-23)4-9-17(18)27-13-20(25)24-21(19-3-2-10-28-19)15-5-7-16(22)8-6-15/h2-11,21H,13H2,1H3,(H,24,25)/t21-/m0/s1. The Morgan fingerprint density at radius 3 is 2.64 bits per heavy atom. The Morgan fingerprint density at radius 2 is 2.00 bits per heavy atom. The highest BCUT2D eigenvalue weighted by Gasteiger charge is 2.19. The number of rotatable bonds is 7. The lowest BCUT2D eigenvalue weighted by atomic mass is 10.1. The Bertz CT molecular complexity index is 982. The molecule has 0 radical (unpaired) electrons. The zero-order valence-electron chi connectivity index (χ0n) is 15.0. The summed E-state index contributed by atoms with van der Waals surface area (Å²) in [7, 11) is 1.46. The number of carbonyl (C=O) groups is 1. The second kappa shape index (κ2) is 9.02. The summed E-state index contributed by atoms with van der Waals surface area (Å²) in [5, 5.41) is 13.8. The number of benzene rings is 2. The van der Waals surface area contributed by atoms with E-state index in [1.165, 1.54) is 30.6 Å². The summed E-state index contributed by atoms with van der Waals surface area (Å²) in [6.07, 6.45) is 0. The van der Waals surface area contributed by atoms with Gasteiger partial charge in [-0.15, -0.1) is 11.3 Å². The number of nitriles is 1. The van der Waals surface area contributed by atoms with Crippen molar-refractivity contribution >= 4 is 17.2 Å². The third-order valence-electron chi connectivity index (χ3n) is 3.99. The van der Waals surface area contributed by atoms with Crippen molar-refractivity contribution in [3.8, 4) is 17.6 Å². The van der Waals surface area contributed by atoms with Crippen molar-refractivity contribution in [3.63, 3.8) is 0 Å². The van der Waals surface area contributed by atoms with Crippen LogP contribution in [0.25, 0.3) is 0 Å². The van der Waals surface area contributed by atoms with Gasteiger partial charge in [-0.05, 0) is 41.3 Å². The van der Waals surface area contributed by atoms with Gasteiger partial charge in [0.2, 0.25) is 0 Å². The first-order valence-corrected chi connectivity index (χ1v) is 9.28. The van der Waals surface area contributed by atoms with Crippen molar-refractivity contribution in [2.24, 2.45) is 0 Å². The van der Waals surface area contributed by atoms with Crippen LogP contribution in [-0.2, 0) is 4.79 Å². The molecular weight excluding hydrogens is 379 g/mol. The van der Waals surface area contributed by atoms with Gasteiger partial charge in [-0.3, -0.25) is 4.79 Å². The van der Waals surface area contributed by atoms with E-state index in [0.717, 1.165) is 10.4 Å². The first-order valence-electron chi connectivity index (χ1n) is 8.40. The minimum Gasteiger partial charge on any atom is -0.493 e. The third-order valence-corrected chi connectivity index (χ3v) is 4.93. The van der Waals surface area contributed by atoms with E-state index in [1.807, 2.05) is 23.6 Å². The molecule has 28 heavy (non-hydrogen) atoms. The molecule has 5 nitrogen and oxygen atoms in total. The first kappa shape index (κ1) is 19.4. The fraction of sp³-hybridized carbons (Fsp3) is 0.143. The van der Waals surface area contributed by atoms with Crippen LogP contribution in [0.1, 0.15) is 22.0 Å². The molecule has 2 aromatic carbocycles. The number of thiophene rings is 1. The van der Waals surface area contributed by atoms with Crippen LogP contribution in [0.3, 0.4) is 0 Å². The smallest absolute Gasteiger partial charge is 0.258 e. The van der Waals surface area contributed by atoms with Crippen LogP contribution in [0.5, 0.6) is 11.5 Å². The highest BCUT2D eigenvalue weighted by atomic mass is 32.1. The molecule has 0 spiro atoms. The molecular formula is C21H17FN2O3S. The van der Waals surface area contributed by atoms with Crippen molar-refractivity contribution in [1.29, 1.82) is 5.26 Å². The maximum Gasteiger partial charge on any atom is 0.258 e. The molecule has 0 aliphatic heterocycles. The van der Waals surface area contributed by atoms with E-state index in [4.69, 9.17) is 14.7 Å². The number of nitrogens with one attached hydrogen (secondary N) is 1. The number of hydrogen-bond acceptors (Lipinski definition) is 5. The monoisotopic (exact) mass is 396 g/mol. The SMILES string of the molecule is COc1cc(C#N)ccc1OCC(=O)N[C@@H](c1ccc(F)cc1)c1cccs1. The number of methoxy groups -OCH3 is 1. The Balaban J connectivity index is 1.71. The Kier molecular flexibility index (Phi) is 6.25. The average molecular weight is 396 g/mol. The third kappa shape index (κ3) is 4.67.